The molecule has 1 aromatic rings. The normalized spacial score (nSPS) is 17.4. The van der Waals surface area contributed by atoms with Crippen LogP contribution in [0, 0.1) is 5.92 Å². The predicted molar refractivity (Wildman–Crippen MR) is 97.3 cm³/mol. The molecular weight excluding hydrogens is 320 g/mol. The van der Waals surface area contributed by atoms with Crippen LogP contribution in [0.15, 0.2) is 18.2 Å². The second-order valence-electron chi connectivity index (χ2n) is 6.68. The Morgan fingerprint density at radius 3 is 2.68 bits per heavy atom. The van der Waals surface area contributed by atoms with Crippen molar-refractivity contribution in [1.29, 1.82) is 0 Å². The van der Waals surface area contributed by atoms with Gasteiger partial charge in [0.2, 0.25) is 0 Å². The first-order valence-corrected chi connectivity index (χ1v) is 8.87. The van der Waals surface area contributed by atoms with Gasteiger partial charge in [0, 0.05) is 26.2 Å². The highest BCUT2D eigenvalue weighted by atomic mass is 16.5. The van der Waals surface area contributed by atoms with Gasteiger partial charge in [0.1, 0.15) is 6.10 Å². The van der Waals surface area contributed by atoms with E-state index in [4.69, 9.17) is 14.2 Å². The summed E-state index contributed by atoms with van der Waals surface area (Å²) in [4.78, 5) is 14.7. The third-order valence-corrected chi connectivity index (χ3v) is 4.22. The van der Waals surface area contributed by atoms with Crippen LogP contribution in [-0.2, 0) is 16.0 Å². The van der Waals surface area contributed by atoms with Gasteiger partial charge in [0.25, 0.3) is 5.91 Å². The van der Waals surface area contributed by atoms with Crippen LogP contribution in [0.5, 0.6) is 11.5 Å². The SMILES string of the molecule is COc1ccc(CCN(CC(C)C)C(=O)C2CNCCO2)cc1OC. The van der Waals surface area contributed by atoms with Crippen LogP contribution in [0.2, 0.25) is 0 Å². The van der Waals surface area contributed by atoms with Crippen molar-refractivity contribution in [1.82, 2.24) is 10.2 Å². The van der Waals surface area contributed by atoms with Gasteiger partial charge in [-0.3, -0.25) is 4.79 Å². The molecule has 0 spiro atoms. The molecule has 0 bridgehead atoms. The van der Waals surface area contributed by atoms with Crippen molar-refractivity contribution in [2.24, 2.45) is 5.92 Å². The fourth-order valence-corrected chi connectivity index (χ4v) is 2.96. The van der Waals surface area contributed by atoms with Gasteiger partial charge in [-0.1, -0.05) is 19.9 Å². The molecule has 0 aromatic heterocycles. The molecule has 1 amide bonds. The van der Waals surface area contributed by atoms with Crippen LogP contribution in [0.1, 0.15) is 19.4 Å². The number of carbonyl (C=O) groups is 1. The molecule has 1 atom stereocenters. The van der Waals surface area contributed by atoms with Gasteiger partial charge in [-0.05, 0) is 30.0 Å². The highest BCUT2D eigenvalue weighted by Gasteiger charge is 2.27. The Morgan fingerprint density at radius 2 is 2.08 bits per heavy atom. The minimum absolute atomic E-state index is 0.0707. The molecule has 1 N–H and O–H groups in total. The lowest BCUT2D eigenvalue weighted by Crippen LogP contribution is -2.50. The predicted octanol–water partition coefficient (Wildman–Crippen LogP) is 1.72. The second kappa shape index (κ2) is 9.63. The van der Waals surface area contributed by atoms with E-state index in [9.17, 15) is 4.79 Å². The molecule has 1 aliphatic rings. The monoisotopic (exact) mass is 350 g/mol. The number of amides is 1. The lowest BCUT2D eigenvalue weighted by molar-refractivity contribution is -0.145. The van der Waals surface area contributed by atoms with Crippen LogP contribution >= 0.6 is 0 Å². The number of carbonyl (C=O) groups excluding carboxylic acids is 1. The Morgan fingerprint density at radius 1 is 1.32 bits per heavy atom. The average Bonchev–Trinajstić information content (AvgIpc) is 2.64. The van der Waals surface area contributed by atoms with Crippen molar-refractivity contribution in [3.8, 4) is 11.5 Å². The third kappa shape index (κ3) is 5.61. The van der Waals surface area contributed by atoms with E-state index in [0.29, 0.717) is 37.1 Å². The van der Waals surface area contributed by atoms with Crippen molar-refractivity contribution >= 4 is 5.91 Å². The fourth-order valence-electron chi connectivity index (χ4n) is 2.96. The van der Waals surface area contributed by atoms with Crippen LogP contribution < -0.4 is 14.8 Å². The van der Waals surface area contributed by atoms with Gasteiger partial charge in [0.05, 0.1) is 20.8 Å². The van der Waals surface area contributed by atoms with Crippen LogP contribution in [0.3, 0.4) is 0 Å². The summed E-state index contributed by atoms with van der Waals surface area (Å²) >= 11 is 0. The number of ether oxygens (including phenoxy) is 3. The maximum Gasteiger partial charge on any atom is 0.253 e. The smallest absolute Gasteiger partial charge is 0.253 e. The molecule has 0 saturated carbocycles. The number of rotatable bonds is 8. The summed E-state index contributed by atoms with van der Waals surface area (Å²) in [5.41, 5.74) is 1.11. The van der Waals surface area contributed by atoms with Crippen LogP contribution in [0.4, 0.5) is 0 Å². The number of nitrogens with zero attached hydrogens (tertiary/aromatic N) is 1. The van der Waals surface area contributed by atoms with E-state index in [2.05, 4.69) is 19.2 Å². The molecule has 0 aliphatic carbocycles. The summed E-state index contributed by atoms with van der Waals surface area (Å²) in [5.74, 6) is 1.90. The minimum Gasteiger partial charge on any atom is -0.493 e. The number of morpholine rings is 1. The zero-order valence-electron chi connectivity index (χ0n) is 15.7. The third-order valence-electron chi connectivity index (χ3n) is 4.22. The number of methoxy groups -OCH3 is 2. The Bertz CT molecular complexity index is 556. The standard InChI is InChI=1S/C19H30N2O4/c1-14(2)13-21(19(22)18-12-20-8-10-25-18)9-7-15-5-6-16(23-3)17(11-15)24-4/h5-6,11,14,18,20H,7-10,12-13H2,1-4H3. The molecule has 1 aromatic carbocycles. The quantitative estimate of drug-likeness (QED) is 0.774. The maximum atomic E-state index is 12.8. The molecule has 2 rings (SSSR count). The summed E-state index contributed by atoms with van der Waals surface area (Å²) in [5, 5.41) is 3.22. The average molecular weight is 350 g/mol. The molecule has 1 aliphatic heterocycles. The first-order chi connectivity index (χ1) is 12.0. The van der Waals surface area contributed by atoms with Gasteiger partial charge >= 0.3 is 0 Å². The van der Waals surface area contributed by atoms with E-state index >= 15 is 0 Å². The summed E-state index contributed by atoms with van der Waals surface area (Å²) in [6.07, 6.45) is 0.386. The van der Waals surface area contributed by atoms with Crippen LogP contribution in [-0.4, -0.2) is 63.9 Å². The topological polar surface area (TPSA) is 60.0 Å². The lowest BCUT2D eigenvalue weighted by Gasteiger charge is -2.31. The van der Waals surface area contributed by atoms with E-state index in [-0.39, 0.29) is 12.0 Å². The largest absolute Gasteiger partial charge is 0.493 e. The summed E-state index contributed by atoms with van der Waals surface area (Å²) < 4.78 is 16.3. The zero-order chi connectivity index (χ0) is 18.2. The minimum atomic E-state index is -0.377. The van der Waals surface area contributed by atoms with E-state index in [1.54, 1.807) is 14.2 Å². The zero-order valence-corrected chi connectivity index (χ0v) is 15.7. The van der Waals surface area contributed by atoms with Crippen molar-refractivity contribution < 1.29 is 19.0 Å². The molecule has 1 fully saturated rings. The molecule has 6 heteroatoms. The van der Waals surface area contributed by atoms with E-state index < -0.39 is 0 Å². The Kier molecular flexibility index (Phi) is 7.52. The van der Waals surface area contributed by atoms with Gasteiger partial charge in [-0.2, -0.15) is 0 Å². The van der Waals surface area contributed by atoms with E-state index in [0.717, 1.165) is 25.1 Å². The van der Waals surface area contributed by atoms with Crippen molar-refractivity contribution in [3.05, 3.63) is 23.8 Å². The Hall–Kier alpha value is -1.79. The summed E-state index contributed by atoms with van der Waals surface area (Å²) in [6.45, 7) is 7.61. The molecule has 25 heavy (non-hydrogen) atoms. The molecule has 0 radical (unpaired) electrons. The van der Waals surface area contributed by atoms with Crippen LogP contribution in [0.25, 0.3) is 0 Å². The highest BCUT2D eigenvalue weighted by molar-refractivity contribution is 5.81. The van der Waals surface area contributed by atoms with E-state index in [1.165, 1.54) is 0 Å². The maximum absolute atomic E-state index is 12.8. The summed E-state index contributed by atoms with van der Waals surface area (Å²) in [6, 6.07) is 5.88. The van der Waals surface area contributed by atoms with Crippen molar-refractivity contribution in [2.45, 2.75) is 26.4 Å². The summed E-state index contributed by atoms with van der Waals surface area (Å²) in [7, 11) is 3.25. The molecule has 6 nitrogen and oxygen atoms in total. The van der Waals surface area contributed by atoms with E-state index in [1.807, 2.05) is 23.1 Å². The Labute approximate surface area is 150 Å². The van der Waals surface area contributed by atoms with Gasteiger partial charge in [-0.15, -0.1) is 0 Å². The van der Waals surface area contributed by atoms with Crippen molar-refractivity contribution in [2.75, 3.05) is 47.0 Å². The molecule has 1 saturated heterocycles. The van der Waals surface area contributed by atoms with Gasteiger partial charge in [-0.25, -0.2) is 0 Å². The van der Waals surface area contributed by atoms with Crippen molar-refractivity contribution in [3.63, 3.8) is 0 Å². The number of hydrogen-bond donors (Lipinski definition) is 1. The van der Waals surface area contributed by atoms with Gasteiger partial charge in [0.15, 0.2) is 11.5 Å². The Balaban J connectivity index is 2.02. The molecule has 1 heterocycles. The number of nitrogens with one attached hydrogen (secondary N) is 1. The first kappa shape index (κ1) is 19.5. The second-order valence-corrected chi connectivity index (χ2v) is 6.68. The lowest BCUT2D eigenvalue weighted by atomic mass is 10.1. The highest BCUT2D eigenvalue weighted by Crippen LogP contribution is 2.27. The molecular formula is C19H30N2O4. The number of benzene rings is 1. The van der Waals surface area contributed by atoms with Gasteiger partial charge < -0.3 is 24.4 Å². The fraction of sp³-hybridized carbons (Fsp3) is 0.632. The number of hydrogen-bond acceptors (Lipinski definition) is 5. The molecule has 140 valence electrons. The first-order valence-electron chi connectivity index (χ1n) is 8.87. The molecule has 1 unspecified atom stereocenters.